The van der Waals surface area contributed by atoms with Gasteiger partial charge in [0.05, 0.1) is 28.9 Å². The van der Waals surface area contributed by atoms with E-state index in [1.165, 1.54) is 0 Å². The normalized spacial score (nSPS) is 22.4. The lowest BCUT2D eigenvalue weighted by Gasteiger charge is -2.34. The number of imidazole rings is 1. The SMILES string of the molecule is COC1CC(n2c(=O)n(C)c3cnc4ccc(-c5ccc(N6CC[C@@H](N(C)C)C6)nc5)cc4c32)C1. The van der Waals surface area contributed by atoms with Crippen LogP contribution < -0.4 is 10.6 Å². The van der Waals surface area contributed by atoms with Crippen molar-refractivity contribution in [2.75, 3.05) is 39.2 Å². The van der Waals surface area contributed by atoms with Gasteiger partial charge in [0.2, 0.25) is 0 Å². The van der Waals surface area contributed by atoms with Crippen molar-refractivity contribution in [3.05, 3.63) is 53.2 Å². The van der Waals surface area contributed by atoms with Crippen molar-refractivity contribution in [1.29, 1.82) is 0 Å². The highest BCUT2D eigenvalue weighted by Crippen LogP contribution is 2.37. The number of aryl methyl sites for hydroxylation is 1. The molecule has 8 nitrogen and oxygen atoms in total. The van der Waals surface area contributed by atoms with Crippen LogP contribution in [0.15, 0.2) is 47.5 Å². The van der Waals surface area contributed by atoms with E-state index < -0.39 is 0 Å². The number of anilines is 1. The lowest BCUT2D eigenvalue weighted by atomic mass is 9.89. The highest BCUT2D eigenvalue weighted by Gasteiger charge is 2.33. The number of ether oxygens (including phenoxy) is 1. The molecule has 0 bridgehead atoms. The third-order valence-corrected chi connectivity index (χ3v) is 7.98. The number of methoxy groups -OCH3 is 1. The maximum atomic E-state index is 13.2. The standard InChI is InChI=1S/C27H32N6O2/c1-30(2)19-9-10-32(16-19)25-8-6-18(14-29-25)17-5-7-23-22(11-17)26-24(15-28-23)31(3)27(34)33(26)20-12-21(13-20)35-4/h5-8,11,14-15,19-21H,9-10,12-13,16H2,1-4H3/t19-,20?,21?/m1/s1. The van der Waals surface area contributed by atoms with Gasteiger partial charge in [0.15, 0.2) is 0 Å². The van der Waals surface area contributed by atoms with E-state index >= 15 is 0 Å². The second kappa shape index (κ2) is 8.46. The largest absolute Gasteiger partial charge is 0.381 e. The van der Waals surface area contributed by atoms with Crippen LogP contribution >= 0.6 is 0 Å². The van der Waals surface area contributed by atoms with Crippen LogP contribution in [0.2, 0.25) is 0 Å². The minimum absolute atomic E-state index is 0.00640. The van der Waals surface area contributed by atoms with E-state index in [2.05, 4.69) is 53.1 Å². The van der Waals surface area contributed by atoms with Gasteiger partial charge in [-0.1, -0.05) is 6.07 Å². The fourth-order valence-electron chi connectivity index (χ4n) is 5.60. The van der Waals surface area contributed by atoms with Gasteiger partial charge in [-0.25, -0.2) is 9.78 Å². The molecule has 4 heterocycles. The van der Waals surface area contributed by atoms with Gasteiger partial charge in [-0.2, -0.15) is 0 Å². The molecule has 0 unspecified atom stereocenters. The van der Waals surface area contributed by atoms with Crippen LogP contribution in [-0.2, 0) is 11.8 Å². The van der Waals surface area contributed by atoms with Crippen LogP contribution in [-0.4, -0.2) is 70.4 Å². The van der Waals surface area contributed by atoms with Gasteiger partial charge < -0.3 is 14.5 Å². The van der Waals surface area contributed by atoms with Crippen molar-refractivity contribution in [3.63, 3.8) is 0 Å². The molecule has 1 aromatic carbocycles. The molecule has 182 valence electrons. The predicted octanol–water partition coefficient (Wildman–Crippen LogP) is 3.44. The zero-order valence-corrected chi connectivity index (χ0v) is 20.8. The monoisotopic (exact) mass is 472 g/mol. The van der Waals surface area contributed by atoms with Crippen molar-refractivity contribution >= 4 is 27.8 Å². The topological polar surface area (TPSA) is 68.4 Å². The molecule has 0 N–H and O–H groups in total. The van der Waals surface area contributed by atoms with E-state index in [0.29, 0.717) is 6.04 Å². The second-order valence-corrected chi connectivity index (χ2v) is 10.2. The minimum atomic E-state index is 0.00640. The van der Waals surface area contributed by atoms with Gasteiger partial charge in [-0.15, -0.1) is 0 Å². The Balaban J connectivity index is 1.38. The molecule has 3 aromatic heterocycles. The third-order valence-electron chi connectivity index (χ3n) is 7.98. The summed E-state index contributed by atoms with van der Waals surface area (Å²) in [5.41, 5.74) is 4.85. The van der Waals surface area contributed by atoms with Gasteiger partial charge in [0.1, 0.15) is 5.82 Å². The summed E-state index contributed by atoms with van der Waals surface area (Å²) in [6, 6.07) is 11.3. The molecule has 2 fully saturated rings. The van der Waals surface area contributed by atoms with Crippen LogP contribution in [0.5, 0.6) is 0 Å². The highest BCUT2D eigenvalue weighted by molar-refractivity contribution is 6.04. The first-order valence-corrected chi connectivity index (χ1v) is 12.3. The number of benzene rings is 1. The lowest BCUT2D eigenvalue weighted by Crippen LogP contribution is -2.37. The van der Waals surface area contributed by atoms with Crippen molar-refractivity contribution in [1.82, 2.24) is 24.0 Å². The summed E-state index contributed by atoms with van der Waals surface area (Å²) in [6.07, 6.45) is 6.87. The number of nitrogens with zero attached hydrogens (tertiary/aromatic N) is 6. The Hall–Kier alpha value is -3.23. The summed E-state index contributed by atoms with van der Waals surface area (Å²) in [7, 11) is 7.85. The van der Waals surface area contributed by atoms with E-state index in [9.17, 15) is 4.79 Å². The number of hydrogen-bond acceptors (Lipinski definition) is 6. The summed E-state index contributed by atoms with van der Waals surface area (Å²) in [5.74, 6) is 1.03. The van der Waals surface area contributed by atoms with Crippen LogP contribution in [0, 0.1) is 0 Å². The molecule has 6 rings (SSSR count). The summed E-state index contributed by atoms with van der Waals surface area (Å²) in [6.45, 7) is 2.04. The molecule has 0 radical (unpaired) electrons. The molecule has 0 amide bonds. The molecule has 1 atom stereocenters. The Morgan fingerprint density at radius 2 is 1.86 bits per heavy atom. The maximum absolute atomic E-state index is 13.2. The molecular formula is C27H32N6O2. The molecule has 1 saturated heterocycles. The smallest absolute Gasteiger partial charge is 0.329 e. The quantitative estimate of drug-likeness (QED) is 0.443. The highest BCUT2D eigenvalue weighted by atomic mass is 16.5. The molecule has 2 aliphatic rings. The first-order chi connectivity index (χ1) is 16.9. The van der Waals surface area contributed by atoms with Crippen LogP contribution in [0.1, 0.15) is 25.3 Å². The van der Waals surface area contributed by atoms with Gasteiger partial charge in [-0.3, -0.25) is 14.1 Å². The zero-order chi connectivity index (χ0) is 24.3. The van der Waals surface area contributed by atoms with E-state index in [1.807, 2.05) is 30.1 Å². The summed E-state index contributed by atoms with van der Waals surface area (Å²) in [4.78, 5) is 27.3. The maximum Gasteiger partial charge on any atom is 0.329 e. The number of likely N-dealkylation sites (N-methyl/N-ethyl adjacent to an activating group) is 1. The number of fused-ring (bicyclic) bond motifs is 3. The van der Waals surface area contributed by atoms with Gasteiger partial charge in [-0.05, 0) is 63.2 Å². The molecule has 1 aliphatic carbocycles. The van der Waals surface area contributed by atoms with Crippen molar-refractivity contribution < 1.29 is 4.74 Å². The summed E-state index contributed by atoms with van der Waals surface area (Å²) in [5, 5.41) is 0.996. The van der Waals surface area contributed by atoms with Gasteiger partial charge in [0.25, 0.3) is 0 Å². The van der Waals surface area contributed by atoms with Crippen molar-refractivity contribution in [3.8, 4) is 11.1 Å². The molecule has 35 heavy (non-hydrogen) atoms. The van der Waals surface area contributed by atoms with Crippen molar-refractivity contribution in [2.45, 2.75) is 37.5 Å². The first-order valence-electron chi connectivity index (χ1n) is 12.3. The number of aromatic nitrogens is 4. The molecule has 1 aliphatic heterocycles. The molecule has 0 spiro atoms. The molecule has 1 saturated carbocycles. The average molecular weight is 473 g/mol. The summed E-state index contributed by atoms with van der Waals surface area (Å²) < 4.78 is 9.14. The van der Waals surface area contributed by atoms with E-state index in [-0.39, 0.29) is 17.8 Å². The summed E-state index contributed by atoms with van der Waals surface area (Å²) >= 11 is 0. The number of hydrogen-bond donors (Lipinski definition) is 0. The second-order valence-electron chi connectivity index (χ2n) is 10.2. The predicted molar refractivity (Wildman–Crippen MR) is 139 cm³/mol. The van der Waals surface area contributed by atoms with Crippen molar-refractivity contribution in [2.24, 2.45) is 7.05 Å². The Labute approximate surface area is 204 Å². The Kier molecular flexibility index (Phi) is 5.38. The molecule has 4 aromatic rings. The minimum Gasteiger partial charge on any atom is -0.381 e. The van der Waals surface area contributed by atoms with E-state index in [1.54, 1.807) is 11.7 Å². The fraction of sp³-hybridized carbons (Fsp3) is 0.444. The third kappa shape index (κ3) is 3.63. The average Bonchev–Trinajstić information content (AvgIpc) is 3.43. The van der Waals surface area contributed by atoms with Crippen LogP contribution in [0.25, 0.3) is 33.1 Å². The zero-order valence-electron chi connectivity index (χ0n) is 20.8. The van der Waals surface area contributed by atoms with E-state index in [4.69, 9.17) is 9.72 Å². The number of pyridine rings is 2. The molecule has 8 heteroatoms. The fourth-order valence-corrected chi connectivity index (χ4v) is 5.60. The van der Waals surface area contributed by atoms with E-state index in [0.717, 1.165) is 71.2 Å². The number of rotatable bonds is 5. The Bertz CT molecular complexity index is 1450. The van der Waals surface area contributed by atoms with Gasteiger partial charge >= 0.3 is 5.69 Å². The first kappa shape index (κ1) is 22.2. The van der Waals surface area contributed by atoms with Gasteiger partial charge in [0, 0.05) is 56.5 Å². The Morgan fingerprint density at radius 3 is 2.54 bits per heavy atom. The Morgan fingerprint density at radius 1 is 1.06 bits per heavy atom. The van der Waals surface area contributed by atoms with Crippen LogP contribution in [0.3, 0.4) is 0 Å². The molecular weight excluding hydrogens is 440 g/mol. The lowest BCUT2D eigenvalue weighted by molar-refractivity contribution is 0.00635. The van der Waals surface area contributed by atoms with Crippen LogP contribution in [0.4, 0.5) is 5.82 Å².